The normalized spacial score (nSPS) is 26.0. The van der Waals surface area contributed by atoms with E-state index in [0.717, 1.165) is 38.6 Å². The van der Waals surface area contributed by atoms with Crippen LogP contribution < -0.4 is 0 Å². The molecular weight excluding hydrogens is 262 g/mol. The highest BCUT2D eigenvalue weighted by Gasteiger charge is 2.39. The van der Waals surface area contributed by atoms with Crippen molar-refractivity contribution in [2.24, 2.45) is 0 Å². The third kappa shape index (κ3) is 3.58. The fraction of sp³-hybridized carbons (Fsp3) is 0.882. The first kappa shape index (κ1) is 16.3. The quantitative estimate of drug-likeness (QED) is 0.800. The topological polar surface area (TPSA) is 47.3 Å². The van der Waals surface area contributed by atoms with Crippen LogP contribution in [0.3, 0.4) is 0 Å². The second-order valence-electron chi connectivity index (χ2n) is 6.69. The lowest BCUT2D eigenvalue weighted by Gasteiger charge is -2.41. The Bertz CT molecular complexity index is 395. The monoisotopic (exact) mass is 291 g/mol. The molecule has 0 aromatic heterocycles. The summed E-state index contributed by atoms with van der Waals surface area (Å²) in [4.78, 5) is 16.8. The molecule has 1 atom stereocenters. The average Bonchev–Trinajstić information content (AvgIpc) is 2.55. The molecule has 0 aromatic rings. The van der Waals surface area contributed by atoms with E-state index in [9.17, 15) is 10.1 Å². The van der Waals surface area contributed by atoms with E-state index >= 15 is 0 Å². The first-order valence-electron chi connectivity index (χ1n) is 8.55. The Labute approximate surface area is 129 Å². The molecule has 2 rings (SSSR count). The van der Waals surface area contributed by atoms with Gasteiger partial charge in [-0.1, -0.05) is 32.6 Å². The minimum absolute atomic E-state index is 0.124. The van der Waals surface area contributed by atoms with Crippen LogP contribution in [0.4, 0.5) is 0 Å². The van der Waals surface area contributed by atoms with Crippen molar-refractivity contribution in [1.82, 2.24) is 9.80 Å². The van der Waals surface area contributed by atoms with Crippen LogP contribution in [-0.2, 0) is 4.79 Å². The molecule has 4 nitrogen and oxygen atoms in total. The molecule has 0 spiro atoms. The van der Waals surface area contributed by atoms with Gasteiger partial charge >= 0.3 is 0 Å². The third-order valence-electron chi connectivity index (χ3n) is 5.46. The second-order valence-corrected chi connectivity index (χ2v) is 6.69. The number of amides is 1. The van der Waals surface area contributed by atoms with Gasteiger partial charge in [0.2, 0.25) is 5.91 Å². The summed E-state index contributed by atoms with van der Waals surface area (Å²) in [5.74, 6) is 0.124. The van der Waals surface area contributed by atoms with Crippen molar-refractivity contribution >= 4 is 5.91 Å². The van der Waals surface area contributed by atoms with E-state index in [2.05, 4.69) is 17.9 Å². The molecule has 2 fully saturated rings. The summed E-state index contributed by atoms with van der Waals surface area (Å²) in [5, 5.41) is 9.61. The highest BCUT2D eigenvalue weighted by atomic mass is 16.2. The number of carbonyl (C=O) groups excluding carboxylic acids is 1. The van der Waals surface area contributed by atoms with Gasteiger partial charge < -0.3 is 4.90 Å². The van der Waals surface area contributed by atoms with Crippen molar-refractivity contribution in [2.75, 3.05) is 20.1 Å². The molecule has 0 bridgehead atoms. The minimum atomic E-state index is -0.549. The number of carbonyl (C=O) groups is 1. The van der Waals surface area contributed by atoms with Crippen molar-refractivity contribution in [1.29, 1.82) is 5.26 Å². The van der Waals surface area contributed by atoms with Crippen LogP contribution in [0.15, 0.2) is 0 Å². The highest BCUT2D eigenvalue weighted by Crippen LogP contribution is 2.32. The number of nitriles is 1. The van der Waals surface area contributed by atoms with Gasteiger partial charge in [0.25, 0.3) is 0 Å². The summed E-state index contributed by atoms with van der Waals surface area (Å²) in [6.45, 7) is 3.71. The number of rotatable bonds is 4. The molecule has 0 radical (unpaired) electrons. The van der Waals surface area contributed by atoms with Gasteiger partial charge in [-0.2, -0.15) is 5.26 Å². The van der Waals surface area contributed by atoms with Gasteiger partial charge in [-0.05, 0) is 38.6 Å². The zero-order valence-corrected chi connectivity index (χ0v) is 13.6. The predicted octanol–water partition coefficient (Wildman–Crippen LogP) is 2.94. The Hall–Kier alpha value is -1.08. The number of hydrogen-bond acceptors (Lipinski definition) is 3. The molecular formula is C17H29N3O. The summed E-state index contributed by atoms with van der Waals surface area (Å²) in [7, 11) is 1.84. The molecule has 1 aliphatic carbocycles. The van der Waals surface area contributed by atoms with E-state index in [1.165, 1.54) is 25.7 Å². The fourth-order valence-electron chi connectivity index (χ4n) is 3.91. The highest BCUT2D eigenvalue weighted by molar-refractivity contribution is 5.79. The van der Waals surface area contributed by atoms with Crippen LogP contribution in [0.1, 0.15) is 64.7 Å². The Kier molecular flexibility index (Phi) is 5.64. The zero-order chi connectivity index (χ0) is 15.3. The maximum absolute atomic E-state index is 12.7. The van der Waals surface area contributed by atoms with E-state index < -0.39 is 5.54 Å². The Balaban J connectivity index is 1.99. The molecule has 118 valence electrons. The smallest absolute Gasteiger partial charge is 0.237 e. The number of likely N-dealkylation sites (tertiary alicyclic amines) is 1. The fourth-order valence-corrected chi connectivity index (χ4v) is 3.91. The van der Waals surface area contributed by atoms with Gasteiger partial charge in [0.05, 0.1) is 12.6 Å². The third-order valence-corrected chi connectivity index (χ3v) is 5.46. The van der Waals surface area contributed by atoms with Crippen LogP contribution in [-0.4, -0.2) is 47.4 Å². The molecule has 1 amide bonds. The molecule has 1 unspecified atom stereocenters. The van der Waals surface area contributed by atoms with E-state index in [0.29, 0.717) is 12.6 Å². The Morgan fingerprint density at radius 3 is 2.62 bits per heavy atom. The van der Waals surface area contributed by atoms with Crippen molar-refractivity contribution in [3.8, 4) is 6.07 Å². The summed E-state index contributed by atoms with van der Waals surface area (Å²) in [5.41, 5.74) is -0.549. The molecule has 1 aliphatic heterocycles. The van der Waals surface area contributed by atoms with E-state index in [4.69, 9.17) is 0 Å². The standard InChI is InChI=1S/C17H29N3O/c1-3-15-9-5-8-12-20(15)13-16(21)19(2)17(14-18)10-6-4-7-11-17/h15H,3-13H2,1-2H3. The molecule has 1 heterocycles. The molecule has 1 saturated carbocycles. The van der Waals surface area contributed by atoms with E-state index in [1.54, 1.807) is 4.90 Å². The second kappa shape index (κ2) is 7.26. The van der Waals surface area contributed by atoms with Crippen molar-refractivity contribution in [3.05, 3.63) is 0 Å². The average molecular weight is 291 g/mol. The van der Waals surface area contributed by atoms with Crippen LogP contribution in [0, 0.1) is 11.3 Å². The lowest BCUT2D eigenvalue weighted by molar-refractivity contribution is -0.137. The zero-order valence-electron chi connectivity index (χ0n) is 13.6. The van der Waals surface area contributed by atoms with Crippen LogP contribution in [0.2, 0.25) is 0 Å². The first-order valence-corrected chi connectivity index (χ1v) is 8.55. The first-order chi connectivity index (χ1) is 10.1. The largest absolute Gasteiger partial charge is 0.326 e. The molecule has 21 heavy (non-hydrogen) atoms. The van der Waals surface area contributed by atoms with Gasteiger partial charge in [0.15, 0.2) is 0 Å². The summed E-state index contributed by atoms with van der Waals surface area (Å²) in [6.07, 6.45) is 9.77. The number of likely N-dealkylation sites (N-methyl/N-ethyl adjacent to an activating group) is 1. The van der Waals surface area contributed by atoms with Crippen molar-refractivity contribution in [2.45, 2.75) is 76.3 Å². The molecule has 0 aromatic carbocycles. The lowest BCUT2D eigenvalue weighted by Crippen LogP contribution is -2.54. The number of nitrogens with zero attached hydrogens (tertiary/aromatic N) is 3. The molecule has 1 saturated heterocycles. The minimum Gasteiger partial charge on any atom is -0.326 e. The summed E-state index contributed by atoms with van der Waals surface area (Å²) in [6, 6.07) is 2.99. The Morgan fingerprint density at radius 1 is 1.29 bits per heavy atom. The number of hydrogen-bond donors (Lipinski definition) is 0. The maximum atomic E-state index is 12.7. The molecule has 2 aliphatic rings. The van der Waals surface area contributed by atoms with Gasteiger partial charge in [-0.25, -0.2) is 0 Å². The van der Waals surface area contributed by atoms with Crippen molar-refractivity contribution < 1.29 is 4.79 Å². The van der Waals surface area contributed by atoms with Gasteiger partial charge in [-0.3, -0.25) is 9.69 Å². The van der Waals surface area contributed by atoms with Gasteiger partial charge in [0, 0.05) is 13.1 Å². The molecule has 0 N–H and O–H groups in total. The van der Waals surface area contributed by atoms with E-state index in [1.807, 2.05) is 7.05 Å². The SMILES string of the molecule is CCC1CCCCN1CC(=O)N(C)C1(C#N)CCCCC1. The van der Waals surface area contributed by atoms with Crippen molar-refractivity contribution in [3.63, 3.8) is 0 Å². The van der Waals surface area contributed by atoms with E-state index in [-0.39, 0.29) is 5.91 Å². The number of piperidine rings is 1. The summed E-state index contributed by atoms with van der Waals surface area (Å²) >= 11 is 0. The molecule has 4 heteroatoms. The lowest BCUT2D eigenvalue weighted by atomic mass is 9.81. The van der Waals surface area contributed by atoms with Crippen LogP contribution >= 0.6 is 0 Å². The Morgan fingerprint density at radius 2 is 2.00 bits per heavy atom. The van der Waals surface area contributed by atoms with Crippen LogP contribution in [0.5, 0.6) is 0 Å². The van der Waals surface area contributed by atoms with Gasteiger partial charge in [-0.15, -0.1) is 0 Å². The maximum Gasteiger partial charge on any atom is 0.237 e. The van der Waals surface area contributed by atoms with Crippen LogP contribution in [0.25, 0.3) is 0 Å². The predicted molar refractivity (Wildman–Crippen MR) is 83.7 cm³/mol. The van der Waals surface area contributed by atoms with Gasteiger partial charge in [0.1, 0.15) is 5.54 Å². The summed E-state index contributed by atoms with van der Waals surface area (Å²) < 4.78 is 0.